The van der Waals surface area contributed by atoms with Gasteiger partial charge in [-0.1, -0.05) is 60.3 Å². The van der Waals surface area contributed by atoms with Gasteiger partial charge in [-0.25, -0.2) is 0 Å². The molecular formula is C21H16N4S2. The largest absolute Gasteiger partial charge is 0.297 e. The minimum Gasteiger partial charge on any atom is -0.297 e. The lowest BCUT2D eigenvalue weighted by Crippen LogP contribution is -2.03. The average molecular weight is 389 g/mol. The molecule has 0 bridgehead atoms. The highest BCUT2D eigenvalue weighted by Crippen LogP contribution is 2.29. The summed E-state index contributed by atoms with van der Waals surface area (Å²) in [4.78, 5) is 1.11. The van der Waals surface area contributed by atoms with Crippen LogP contribution in [0, 0.1) is 11.3 Å². The Morgan fingerprint density at radius 1 is 0.926 bits per heavy atom. The first-order valence-corrected chi connectivity index (χ1v) is 10.3. The maximum atomic E-state index is 8.93. The third-order valence-electron chi connectivity index (χ3n) is 4.09. The SMILES string of the molecule is N#Cc1ccc(CSc2nnc(-c3cccs3)n2Cc2ccccc2)cc1. The van der Waals surface area contributed by atoms with E-state index >= 15 is 0 Å². The summed E-state index contributed by atoms with van der Waals surface area (Å²) in [5.74, 6) is 1.68. The van der Waals surface area contributed by atoms with E-state index in [1.165, 1.54) is 5.56 Å². The van der Waals surface area contributed by atoms with Crippen molar-refractivity contribution in [3.05, 3.63) is 88.8 Å². The van der Waals surface area contributed by atoms with Gasteiger partial charge < -0.3 is 0 Å². The van der Waals surface area contributed by atoms with E-state index in [4.69, 9.17) is 5.26 Å². The van der Waals surface area contributed by atoms with Crippen LogP contribution in [0.5, 0.6) is 0 Å². The zero-order valence-electron chi connectivity index (χ0n) is 14.4. The zero-order valence-corrected chi connectivity index (χ0v) is 16.1. The summed E-state index contributed by atoms with van der Waals surface area (Å²) in [7, 11) is 0. The number of rotatable bonds is 6. The summed E-state index contributed by atoms with van der Waals surface area (Å²) >= 11 is 3.33. The lowest BCUT2D eigenvalue weighted by molar-refractivity contribution is 0.715. The van der Waals surface area contributed by atoms with Crippen LogP contribution in [0.3, 0.4) is 0 Å². The van der Waals surface area contributed by atoms with E-state index in [1.807, 2.05) is 48.5 Å². The van der Waals surface area contributed by atoms with Crippen LogP contribution in [0.4, 0.5) is 0 Å². The van der Waals surface area contributed by atoms with Crippen molar-refractivity contribution >= 4 is 23.1 Å². The lowest BCUT2D eigenvalue weighted by atomic mass is 10.2. The van der Waals surface area contributed by atoms with Gasteiger partial charge in [0.05, 0.1) is 23.1 Å². The number of thiophene rings is 1. The van der Waals surface area contributed by atoms with Gasteiger partial charge in [-0.15, -0.1) is 21.5 Å². The van der Waals surface area contributed by atoms with E-state index in [-0.39, 0.29) is 0 Å². The molecule has 27 heavy (non-hydrogen) atoms. The summed E-state index contributed by atoms with van der Waals surface area (Å²) in [6.45, 7) is 0.733. The Kier molecular flexibility index (Phi) is 5.33. The van der Waals surface area contributed by atoms with Crippen LogP contribution in [-0.2, 0) is 12.3 Å². The third-order valence-corrected chi connectivity index (χ3v) is 6.00. The highest BCUT2D eigenvalue weighted by molar-refractivity contribution is 7.98. The van der Waals surface area contributed by atoms with E-state index in [2.05, 4.69) is 44.4 Å². The predicted molar refractivity (Wildman–Crippen MR) is 110 cm³/mol. The van der Waals surface area contributed by atoms with Crippen LogP contribution in [0.1, 0.15) is 16.7 Å². The number of benzene rings is 2. The van der Waals surface area contributed by atoms with Crippen molar-refractivity contribution in [3.8, 4) is 16.8 Å². The van der Waals surface area contributed by atoms with Crippen molar-refractivity contribution in [3.63, 3.8) is 0 Å². The number of thioether (sulfide) groups is 1. The summed E-state index contributed by atoms with van der Waals surface area (Å²) in [5, 5.41) is 20.8. The monoisotopic (exact) mass is 388 g/mol. The second kappa shape index (κ2) is 8.21. The molecule has 2 aromatic heterocycles. The van der Waals surface area contributed by atoms with Crippen molar-refractivity contribution in [1.29, 1.82) is 5.26 Å². The van der Waals surface area contributed by atoms with Crippen LogP contribution in [0.2, 0.25) is 0 Å². The topological polar surface area (TPSA) is 54.5 Å². The van der Waals surface area contributed by atoms with Gasteiger partial charge in [-0.3, -0.25) is 4.57 Å². The summed E-state index contributed by atoms with van der Waals surface area (Å²) in [5.41, 5.74) is 3.05. The van der Waals surface area contributed by atoms with Gasteiger partial charge in [-0.05, 0) is 34.7 Å². The number of hydrogen-bond donors (Lipinski definition) is 0. The number of aromatic nitrogens is 3. The second-order valence-electron chi connectivity index (χ2n) is 5.95. The molecule has 0 fully saturated rings. The number of nitrogens with zero attached hydrogens (tertiary/aromatic N) is 4. The quantitative estimate of drug-likeness (QED) is 0.425. The Labute approximate surface area is 166 Å². The van der Waals surface area contributed by atoms with Gasteiger partial charge in [-0.2, -0.15) is 5.26 Å². The fourth-order valence-corrected chi connectivity index (χ4v) is 4.33. The maximum Gasteiger partial charge on any atom is 0.192 e. The average Bonchev–Trinajstić information content (AvgIpc) is 3.38. The van der Waals surface area contributed by atoms with Gasteiger partial charge in [0.1, 0.15) is 0 Å². The number of hydrogen-bond acceptors (Lipinski definition) is 5. The first-order chi connectivity index (χ1) is 13.3. The van der Waals surface area contributed by atoms with Gasteiger partial charge in [0.2, 0.25) is 0 Å². The molecule has 0 spiro atoms. The highest BCUT2D eigenvalue weighted by Gasteiger charge is 2.15. The lowest BCUT2D eigenvalue weighted by Gasteiger charge is -2.10. The minimum atomic E-state index is 0.677. The molecule has 0 radical (unpaired) electrons. The molecule has 0 N–H and O–H groups in total. The molecule has 4 aromatic rings. The van der Waals surface area contributed by atoms with Crippen LogP contribution >= 0.6 is 23.1 Å². The Morgan fingerprint density at radius 2 is 1.74 bits per heavy atom. The normalized spacial score (nSPS) is 10.6. The first kappa shape index (κ1) is 17.5. The fourth-order valence-electron chi connectivity index (χ4n) is 2.72. The molecule has 132 valence electrons. The molecule has 0 aliphatic heterocycles. The molecule has 0 atom stereocenters. The van der Waals surface area contributed by atoms with E-state index < -0.39 is 0 Å². The van der Waals surface area contributed by atoms with Gasteiger partial charge >= 0.3 is 0 Å². The summed E-state index contributed by atoms with van der Waals surface area (Å²) in [6, 6.07) is 24.3. The Morgan fingerprint density at radius 3 is 2.44 bits per heavy atom. The Balaban J connectivity index is 1.60. The van der Waals surface area contributed by atoms with Crippen LogP contribution in [0.25, 0.3) is 10.7 Å². The molecule has 0 unspecified atom stereocenters. The molecule has 0 saturated carbocycles. The van der Waals surface area contributed by atoms with Crippen LogP contribution in [0.15, 0.2) is 77.3 Å². The van der Waals surface area contributed by atoms with Crippen molar-refractivity contribution < 1.29 is 0 Å². The van der Waals surface area contributed by atoms with Gasteiger partial charge in [0, 0.05) is 5.75 Å². The fraction of sp³-hybridized carbons (Fsp3) is 0.0952. The van der Waals surface area contributed by atoms with E-state index in [0.29, 0.717) is 5.56 Å². The highest BCUT2D eigenvalue weighted by atomic mass is 32.2. The molecule has 2 heterocycles. The van der Waals surface area contributed by atoms with Crippen LogP contribution in [-0.4, -0.2) is 14.8 Å². The van der Waals surface area contributed by atoms with Crippen molar-refractivity contribution in [2.24, 2.45) is 0 Å². The van der Waals surface area contributed by atoms with E-state index in [9.17, 15) is 0 Å². The van der Waals surface area contributed by atoms with Crippen molar-refractivity contribution in [2.75, 3.05) is 0 Å². The standard InChI is InChI=1S/C21H16N4S2/c22-13-16-8-10-18(11-9-16)15-27-21-24-23-20(19-7-4-12-26-19)25(21)14-17-5-2-1-3-6-17/h1-12H,14-15H2. The van der Waals surface area contributed by atoms with E-state index in [0.717, 1.165) is 33.7 Å². The zero-order chi connectivity index (χ0) is 18.5. The first-order valence-electron chi connectivity index (χ1n) is 8.46. The van der Waals surface area contributed by atoms with E-state index in [1.54, 1.807) is 23.1 Å². The molecule has 4 nitrogen and oxygen atoms in total. The Bertz CT molecular complexity index is 1050. The summed E-state index contributed by atoms with van der Waals surface area (Å²) < 4.78 is 2.18. The Hall–Kier alpha value is -2.88. The van der Waals surface area contributed by atoms with Crippen molar-refractivity contribution in [1.82, 2.24) is 14.8 Å². The molecule has 2 aromatic carbocycles. The smallest absolute Gasteiger partial charge is 0.192 e. The molecule has 0 aliphatic carbocycles. The molecule has 0 aliphatic rings. The van der Waals surface area contributed by atoms with Crippen LogP contribution < -0.4 is 0 Å². The predicted octanol–water partition coefficient (Wildman–Crippen LogP) is 5.22. The molecule has 6 heteroatoms. The number of nitriles is 1. The molecule has 0 amide bonds. The molecule has 0 saturated heterocycles. The maximum absolute atomic E-state index is 8.93. The summed E-state index contributed by atoms with van der Waals surface area (Å²) in [6.07, 6.45) is 0. The molecule has 4 rings (SSSR count). The molecular weight excluding hydrogens is 372 g/mol. The minimum absolute atomic E-state index is 0.677. The third kappa shape index (κ3) is 4.11. The van der Waals surface area contributed by atoms with Gasteiger partial charge in [0.15, 0.2) is 11.0 Å². The van der Waals surface area contributed by atoms with Crippen molar-refractivity contribution in [2.45, 2.75) is 17.5 Å². The second-order valence-corrected chi connectivity index (χ2v) is 7.84. The van der Waals surface area contributed by atoms with Gasteiger partial charge in [0.25, 0.3) is 0 Å².